The Morgan fingerprint density at radius 1 is 1.47 bits per heavy atom. The zero-order valence-electron chi connectivity index (χ0n) is 9.80. The van der Waals surface area contributed by atoms with Crippen LogP contribution in [0.25, 0.3) is 0 Å². The monoisotopic (exact) mass is 297 g/mol. The van der Waals surface area contributed by atoms with E-state index in [1.54, 1.807) is 0 Å². The number of nitrogens with zero attached hydrogens (tertiary/aromatic N) is 1. The zero-order chi connectivity index (χ0) is 12.3. The first-order chi connectivity index (χ1) is 8.16. The summed E-state index contributed by atoms with van der Waals surface area (Å²) in [4.78, 5) is 13.7. The van der Waals surface area contributed by atoms with Crippen LogP contribution in [0.3, 0.4) is 0 Å². The second-order valence-corrected chi connectivity index (χ2v) is 5.92. The van der Waals surface area contributed by atoms with Crippen LogP contribution in [0.4, 0.5) is 4.79 Å². The van der Waals surface area contributed by atoms with Gasteiger partial charge in [-0.25, -0.2) is 4.79 Å². The van der Waals surface area contributed by atoms with Crippen molar-refractivity contribution < 1.29 is 9.53 Å². The number of alkyl halides is 1. The van der Waals surface area contributed by atoms with Gasteiger partial charge in [0.25, 0.3) is 0 Å². The van der Waals surface area contributed by atoms with E-state index in [1.807, 2.05) is 30.0 Å². The summed E-state index contributed by atoms with van der Waals surface area (Å²) in [5.74, 6) is 0. The number of ether oxygens (including phenoxy) is 1. The molecule has 1 amide bonds. The third kappa shape index (κ3) is 3.22. The largest absolute Gasteiger partial charge is 0.447 e. The molecule has 1 aliphatic heterocycles. The number of hydrogen-bond acceptors (Lipinski definition) is 2. The Balaban J connectivity index is 2.02. The number of cyclic esters (lactones) is 1. The Morgan fingerprint density at radius 3 is 2.82 bits per heavy atom. The molecule has 0 bridgehead atoms. The van der Waals surface area contributed by atoms with E-state index < -0.39 is 0 Å². The van der Waals surface area contributed by atoms with Gasteiger partial charge in [-0.1, -0.05) is 53.2 Å². The van der Waals surface area contributed by atoms with Crippen LogP contribution in [0.15, 0.2) is 30.3 Å². The van der Waals surface area contributed by atoms with Crippen LogP contribution < -0.4 is 0 Å². The third-order valence-corrected chi connectivity index (χ3v) is 3.13. The molecule has 0 N–H and O–H groups in total. The minimum Gasteiger partial charge on any atom is -0.447 e. The van der Waals surface area contributed by atoms with Gasteiger partial charge in [0.1, 0.15) is 6.61 Å². The Labute approximate surface area is 110 Å². The fourth-order valence-electron chi connectivity index (χ4n) is 2.04. The predicted octanol–water partition coefficient (Wildman–Crippen LogP) is 2.83. The van der Waals surface area contributed by atoms with E-state index in [0.717, 1.165) is 6.42 Å². The lowest BCUT2D eigenvalue weighted by atomic mass is 10.1. The maximum Gasteiger partial charge on any atom is 0.410 e. The second kappa shape index (κ2) is 5.54. The number of halogens is 1. The van der Waals surface area contributed by atoms with Gasteiger partial charge in [-0.2, -0.15) is 0 Å². The standard InChI is InChI=1S/C13H16BrNO2/c1-10(14)8-15-12(9-17-13(15)16)7-11-5-3-2-4-6-11/h2-6,10,12H,7-9H2,1H3/t10-,12+/m1/s1. The first-order valence-corrected chi connectivity index (χ1v) is 6.70. The molecule has 2 atom stereocenters. The summed E-state index contributed by atoms with van der Waals surface area (Å²) in [5.41, 5.74) is 1.24. The maximum atomic E-state index is 11.6. The molecular weight excluding hydrogens is 282 g/mol. The molecule has 2 rings (SSSR count). The van der Waals surface area contributed by atoms with Gasteiger partial charge in [0.05, 0.1) is 6.04 Å². The van der Waals surface area contributed by atoms with Crippen molar-refractivity contribution in [2.24, 2.45) is 0 Å². The van der Waals surface area contributed by atoms with E-state index in [2.05, 4.69) is 28.1 Å². The molecule has 0 aliphatic carbocycles. The van der Waals surface area contributed by atoms with E-state index in [0.29, 0.717) is 13.2 Å². The van der Waals surface area contributed by atoms with Crippen LogP contribution in [-0.2, 0) is 11.2 Å². The highest BCUT2D eigenvalue weighted by Gasteiger charge is 2.33. The topological polar surface area (TPSA) is 29.5 Å². The van der Waals surface area contributed by atoms with E-state index in [1.165, 1.54) is 5.56 Å². The van der Waals surface area contributed by atoms with Crippen molar-refractivity contribution in [1.82, 2.24) is 4.90 Å². The van der Waals surface area contributed by atoms with Gasteiger partial charge in [0.2, 0.25) is 0 Å². The molecule has 1 heterocycles. The summed E-state index contributed by atoms with van der Waals surface area (Å²) in [5, 5.41) is 0. The molecule has 3 nitrogen and oxygen atoms in total. The lowest BCUT2D eigenvalue weighted by molar-refractivity contribution is 0.158. The predicted molar refractivity (Wildman–Crippen MR) is 70.4 cm³/mol. The smallest absolute Gasteiger partial charge is 0.410 e. The fraction of sp³-hybridized carbons (Fsp3) is 0.462. The average Bonchev–Trinajstić information content (AvgIpc) is 2.62. The van der Waals surface area contributed by atoms with Crippen LogP contribution in [-0.4, -0.2) is 35.0 Å². The number of amides is 1. The third-order valence-electron chi connectivity index (χ3n) is 2.84. The Morgan fingerprint density at radius 2 is 2.18 bits per heavy atom. The molecule has 1 aliphatic rings. The van der Waals surface area contributed by atoms with Crippen LogP contribution >= 0.6 is 15.9 Å². The van der Waals surface area contributed by atoms with Crippen LogP contribution in [0, 0.1) is 0 Å². The summed E-state index contributed by atoms with van der Waals surface area (Å²) in [7, 11) is 0. The van der Waals surface area contributed by atoms with Crippen molar-refractivity contribution in [3.8, 4) is 0 Å². The molecule has 0 aromatic heterocycles. The van der Waals surface area contributed by atoms with E-state index in [-0.39, 0.29) is 17.0 Å². The van der Waals surface area contributed by atoms with Gasteiger partial charge in [0, 0.05) is 11.4 Å². The van der Waals surface area contributed by atoms with Gasteiger partial charge in [-0.15, -0.1) is 0 Å². The molecule has 0 spiro atoms. The molecular formula is C13H16BrNO2. The molecule has 1 aromatic carbocycles. The normalized spacial score (nSPS) is 21.4. The number of carbonyl (C=O) groups is 1. The SMILES string of the molecule is C[C@@H](Br)CN1C(=O)OC[C@@H]1Cc1ccccc1. The number of hydrogen-bond donors (Lipinski definition) is 0. The van der Waals surface area contributed by atoms with Crippen molar-refractivity contribution in [2.75, 3.05) is 13.2 Å². The van der Waals surface area contributed by atoms with Crippen LogP contribution in [0.1, 0.15) is 12.5 Å². The first kappa shape index (κ1) is 12.4. The fourth-order valence-corrected chi connectivity index (χ4v) is 2.35. The average molecular weight is 298 g/mol. The highest BCUT2D eigenvalue weighted by molar-refractivity contribution is 9.09. The summed E-state index contributed by atoms with van der Waals surface area (Å²) in [6.07, 6.45) is 0.656. The van der Waals surface area contributed by atoms with Crippen molar-refractivity contribution in [3.05, 3.63) is 35.9 Å². The Bertz CT molecular complexity index is 380. The summed E-state index contributed by atoms with van der Waals surface area (Å²) >= 11 is 3.48. The highest BCUT2D eigenvalue weighted by atomic mass is 79.9. The van der Waals surface area contributed by atoms with E-state index >= 15 is 0 Å². The molecule has 0 unspecified atom stereocenters. The molecule has 0 radical (unpaired) electrons. The number of carbonyl (C=O) groups excluding carboxylic acids is 1. The van der Waals surface area contributed by atoms with Crippen molar-refractivity contribution >= 4 is 22.0 Å². The highest BCUT2D eigenvalue weighted by Crippen LogP contribution is 2.18. The Hall–Kier alpha value is -1.03. The van der Waals surface area contributed by atoms with Crippen molar-refractivity contribution in [2.45, 2.75) is 24.2 Å². The Kier molecular flexibility index (Phi) is 4.05. The molecule has 1 aromatic rings. The maximum absolute atomic E-state index is 11.6. The summed E-state index contributed by atoms with van der Waals surface area (Å²) in [6, 6.07) is 10.4. The summed E-state index contributed by atoms with van der Waals surface area (Å²) < 4.78 is 5.12. The lowest BCUT2D eigenvalue weighted by Gasteiger charge is -2.22. The molecule has 92 valence electrons. The molecule has 17 heavy (non-hydrogen) atoms. The van der Waals surface area contributed by atoms with E-state index in [4.69, 9.17) is 4.74 Å². The van der Waals surface area contributed by atoms with Crippen molar-refractivity contribution in [3.63, 3.8) is 0 Å². The number of benzene rings is 1. The second-order valence-electron chi connectivity index (χ2n) is 4.35. The lowest BCUT2D eigenvalue weighted by Crippen LogP contribution is -2.38. The minimum atomic E-state index is -0.197. The van der Waals surface area contributed by atoms with E-state index in [9.17, 15) is 4.79 Å². The van der Waals surface area contributed by atoms with Crippen LogP contribution in [0.5, 0.6) is 0 Å². The molecule has 1 saturated heterocycles. The zero-order valence-corrected chi connectivity index (χ0v) is 11.4. The minimum absolute atomic E-state index is 0.157. The first-order valence-electron chi connectivity index (χ1n) is 5.78. The van der Waals surface area contributed by atoms with Gasteiger partial charge < -0.3 is 9.64 Å². The molecule has 4 heteroatoms. The number of rotatable bonds is 4. The van der Waals surface area contributed by atoms with Crippen LogP contribution in [0.2, 0.25) is 0 Å². The van der Waals surface area contributed by atoms with Gasteiger partial charge in [-0.05, 0) is 12.0 Å². The van der Waals surface area contributed by atoms with Gasteiger partial charge in [-0.3, -0.25) is 0 Å². The molecule has 0 saturated carbocycles. The molecule has 1 fully saturated rings. The summed E-state index contributed by atoms with van der Waals surface area (Å²) in [6.45, 7) is 3.22. The van der Waals surface area contributed by atoms with Gasteiger partial charge in [0.15, 0.2) is 0 Å². The van der Waals surface area contributed by atoms with Gasteiger partial charge >= 0.3 is 6.09 Å². The quantitative estimate of drug-likeness (QED) is 0.800. The van der Waals surface area contributed by atoms with Crippen molar-refractivity contribution in [1.29, 1.82) is 0 Å².